The third-order valence-corrected chi connectivity index (χ3v) is 4.32. The number of sulfonamides is 1. The molecule has 2 aromatic carbocycles. The molecule has 0 radical (unpaired) electrons. The topological polar surface area (TPSA) is 135 Å². The minimum Gasteiger partial charge on any atom is -0.397 e. The number of nitrogens with two attached hydrogens (primary N) is 2. The lowest BCUT2D eigenvalue weighted by atomic mass is 10.0. The Balaban J connectivity index is 3.04. The average molecular weight is 291 g/mol. The molecule has 0 aliphatic heterocycles. The van der Waals surface area contributed by atoms with Crippen LogP contribution in [0.5, 0.6) is 0 Å². The molecule has 0 atom stereocenters. The lowest BCUT2D eigenvalue weighted by Gasteiger charge is -2.13. The van der Waals surface area contributed by atoms with E-state index in [1.807, 2.05) is 13.0 Å². The maximum Gasteiger partial charge on any atom is 0.267 e. The van der Waals surface area contributed by atoms with Crippen molar-refractivity contribution in [2.75, 3.05) is 11.5 Å². The predicted molar refractivity (Wildman–Crippen MR) is 78.5 cm³/mol. The van der Waals surface area contributed by atoms with Crippen molar-refractivity contribution in [1.29, 1.82) is 0 Å². The van der Waals surface area contributed by atoms with Crippen LogP contribution in [0.1, 0.15) is 12.5 Å². The summed E-state index contributed by atoms with van der Waals surface area (Å²) in [5.74, 6) is 0. The molecular formula is C12H13N5O2S. The number of anilines is 2. The van der Waals surface area contributed by atoms with E-state index in [0.29, 0.717) is 17.2 Å². The SMILES string of the molecule is CCc1cccc2c(S(=O)(=O)N=[N+]=[N-])c(N)c(N)cc12. The van der Waals surface area contributed by atoms with E-state index in [0.717, 1.165) is 5.56 Å². The van der Waals surface area contributed by atoms with Crippen molar-refractivity contribution in [3.05, 3.63) is 40.3 Å². The zero-order valence-electron chi connectivity index (χ0n) is 10.7. The second kappa shape index (κ2) is 4.92. The molecule has 8 heteroatoms. The van der Waals surface area contributed by atoms with Crippen LogP contribution in [0.15, 0.2) is 33.7 Å². The number of hydrogen-bond acceptors (Lipinski definition) is 4. The molecule has 0 amide bonds. The summed E-state index contributed by atoms with van der Waals surface area (Å²) in [4.78, 5) is 2.11. The Bertz CT molecular complexity index is 839. The Labute approximate surface area is 115 Å². The van der Waals surface area contributed by atoms with Gasteiger partial charge in [0, 0.05) is 14.8 Å². The van der Waals surface area contributed by atoms with Gasteiger partial charge in [-0.1, -0.05) is 25.1 Å². The van der Waals surface area contributed by atoms with E-state index < -0.39 is 10.0 Å². The summed E-state index contributed by atoms with van der Waals surface area (Å²) in [5, 5.41) is 1.09. The fourth-order valence-electron chi connectivity index (χ4n) is 2.17. The van der Waals surface area contributed by atoms with Gasteiger partial charge in [0.2, 0.25) is 0 Å². The molecule has 0 saturated carbocycles. The van der Waals surface area contributed by atoms with Gasteiger partial charge in [-0.25, -0.2) is 8.42 Å². The van der Waals surface area contributed by atoms with Crippen molar-refractivity contribution in [2.24, 2.45) is 4.52 Å². The van der Waals surface area contributed by atoms with Crippen LogP contribution < -0.4 is 11.5 Å². The maximum atomic E-state index is 12.1. The van der Waals surface area contributed by atoms with Crippen molar-refractivity contribution in [2.45, 2.75) is 18.2 Å². The van der Waals surface area contributed by atoms with Crippen molar-refractivity contribution in [3.8, 4) is 0 Å². The zero-order chi connectivity index (χ0) is 14.9. The summed E-state index contributed by atoms with van der Waals surface area (Å²) in [7, 11) is -4.21. The number of benzene rings is 2. The normalized spacial score (nSPS) is 11.2. The van der Waals surface area contributed by atoms with Crippen LogP contribution in [0.2, 0.25) is 0 Å². The third kappa shape index (κ3) is 2.11. The minimum absolute atomic E-state index is 0.0989. The van der Waals surface area contributed by atoms with Gasteiger partial charge in [-0.05, 0) is 29.0 Å². The van der Waals surface area contributed by atoms with E-state index in [2.05, 4.69) is 9.43 Å². The summed E-state index contributed by atoms with van der Waals surface area (Å²) in [6, 6.07) is 6.86. The fraction of sp³-hybridized carbons (Fsp3) is 0.167. The van der Waals surface area contributed by atoms with E-state index >= 15 is 0 Å². The van der Waals surface area contributed by atoms with Crippen molar-refractivity contribution >= 4 is 32.2 Å². The monoisotopic (exact) mass is 291 g/mol. The second-order valence-corrected chi connectivity index (χ2v) is 5.74. The Hall–Kier alpha value is -2.44. The average Bonchev–Trinajstić information content (AvgIpc) is 2.39. The van der Waals surface area contributed by atoms with E-state index in [1.165, 1.54) is 0 Å². The lowest BCUT2D eigenvalue weighted by molar-refractivity contribution is 0.598. The highest BCUT2D eigenvalue weighted by molar-refractivity contribution is 7.90. The predicted octanol–water partition coefficient (Wildman–Crippen LogP) is 2.57. The number of rotatable bonds is 3. The first kappa shape index (κ1) is 14.0. The molecular weight excluding hydrogens is 278 g/mol. The highest BCUT2D eigenvalue weighted by Crippen LogP contribution is 2.36. The molecule has 2 rings (SSSR count). The molecule has 0 aliphatic carbocycles. The summed E-state index contributed by atoms with van der Waals surface area (Å²) >= 11 is 0. The van der Waals surface area contributed by atoms with Crippen molar-refractivity contribution < 1.29 is 8.42 Å². The molecule has 0 heterocycles. The third-order valence-electron chi connectivity index (χ3n) is 3.08. The number of nitrogens with zero attached hydrogens (tertiary/aromatic N) is 3. The largest absolute Gasteiger partial charge is 0.397 e. The van der Waals surface area contributed by atoms with Crippen LogP contribution in [-0.2, 0) is 16.4 Å². The molecule has 2 aromatic rings. The van der Waals surface area contributed by atoms with Gasteiger partial charge in [0.15, 0.2) is 0 Å². The summed E-state index contributed by atoms with van der Waals surface area (Å²) < 4.78 is 27.0. The number of fused-ring (bicyclic) bond motifs is 1. The van der Waals surface area contributed by atoms with Gasteiger partial charge < -0.3 is 11.5 Å². The van der Waals surface area contributed by atoms with Crippen molar-refractivity contribution in [3.63, 3.8) is 0 Å². The van der Waals surface area contributed by atoms with E-state index in [4.69, 9.17) is 17.0 Å². The molecule has 0 aliphatic rings. The second-order valence-electron chi connectivity index (χ2n) is 4.22. The first-order chi connectivity index (χ1) is 9.42. The van der Waals surface area contributed by atoms with Gasteiger partial charge in [0.1, 0.15) is 4.90 Å². The van der Waals surface area contributed by atoms with Crippen molar-refractivity contribution in [1.82, 2.24) is 0 Å². The molecule has 0 bridgehead atoms. The number of azide groups is 1. The van der Waals surface area contributed by atoms with Crippen LogP contribution in [-0.4, -0.2) is 8.42 Å². The molecule has 0 fully saturated rings. The Kier molecular flexibility index (Phi) is 3.44. The number of nitrogen functional groups attached to an aromatic ring is 2. The lowest BCUT2D eigenvalue weighted by Crippen LogP contribution is -2.06. The van der Waals surface area contributed by atoms with Gasteiger partial charge in [-0.2, -0.15) is 0 Å². The smallest absolute Gasteiger partial charge is 0.267 e. The Morgan fingerprint density at radius 1 is 1.30 bits per heavy atom. The molecule has 0 unspecified atom stereocenters. The molecule has 0 aromatic heterocycles. The number of hydrogen-bond donors (Lipinski definition) is 2. The number of aryl methyl sites for hydroxylation is 1. The molecule has 4 N–H and O–H groups in total. The van der Waals surface area contributed by atoms with Crippen LogP contribution in [0.4, 0.5) is 11.4 Å². The van der Waals surface area contributed by atoms with Crippen LogP contribution in [0.25, 0.3) is 21.2 Å². The molecule has 0 saturated heterocycles. The van der Waals surface area contributed by atoms with Gasteiger partial charge in [0.25, 0.3) is 10.0 Å². The van der Waals surface area contributed by atoms with E-state index in [-0.39, 0.29) is 16.3 Å². The zero-order valence-corrected chi connectivity index (χ0v) is 11.6. The van der Waals surface area contributed by atoms with E-state index in [9.17, 15) is 8.42 Å². The van der Waals surface area contributed by atoms with Crippen LogP contribution in [0.3, 0.4) is 0 Å². The maximum absolute atomic E-state index is 12.1. The Morgan fingerprint density at radius 3 is 2.60 bits per heavy atom. The van der Waals surface area contributed by atoms with Gasteiger partial charge in [-0.3, -0.25) is 0 Å². The molecule has 104 valence electrons. The highest BCUT2D eigenvalue weighted by Gasteiger charge is 2.22. The Morgan fingerprint density at radius 2 is 2.00 bits per heavy atom. The summed E-state index contributed by atoms with van der Waals surface area (Å²) in [6.07, 6.45) is 0.710. The molecule has 20 heavy (non-hydrogen) atoms. The first-order valence-corrected chi connectivity index (χ1v) is 7.27. The van der Waals surface area contributed by atoms with E-state index in [1.54, 1.807) is 18.2 Å². The standard InChI is InChI=1S/C12H13N5O2S/c1-2-7-4-3-5-8-9(7)6-10(13)11(14)12(8)20(18,19)17-16-15/h3-6H,2,13-14H2,1H3. The van der Waals surface area contributed by atoms with Gasteiger partial charge >= 0.3 is 0 Å². The quantitative estimate of drug-likeness (QED) is 0.388. The summed E-state index contributed by atoms with van der Waals surface area (Å²) in [5.41, 5.74) is 20.9. The van der Waals surface area contributed by atoms with Crippen LogP contribution in [0, 0.1) is 0 Å². The summed E-state index contributed by atoms with van der Waals surface area (Å²) in [6.45, 7) is 1.95. The minimum atomic E-state index is -4.21. The van der Waals surface area contributed by atoms with Gasteiger partial charge in [0.05, 0.1) is 11.4 Å². The molecule has 0 spiro atoms. The first-order valence-electron chi connectivity index (χ1n) is 5.83. The highest BCUT2D eigenvalue weighted by atomic mass is 32.2. The van der Waals surface area contributed by atoms with Crippen LogP contribution >= 0.6 is 0 Å². The van der Waals surface area contributed by atoms with Gasteiger partial charge in [-0.15, -0.1) is 0 Å². The molecule has 7 nitrogen and oxygen atoms in total. The fourth-order valence-corrected chi connectivity index (χ4v) is 3.20.